The molecule has 0 saturated heterocycles. The summed E-state index contributed by atoms with van der Waals surface area (Å²) in [7, 11) is 0. The molecule has 0 heterocycles. The van der Waals surface area contributed by atoms with Crippen LogP contribution in [0.15, 0.2) is 0 Å². The topological polar surface area (TPSA) is 119 Å². The number of ether oxygens (including phenoxy) is 1. The third kappa shape index (κ3) is 6.76. The van der Waals surface area contributed by atoms with Gasteiger partial charge in [-0.25, -0.2) is 4.79 Å². The van der Waals surface area contributed by atoms with Crippen molar-refractivity contribution in [1.82, 2.24) is 5.32 Å². The number of carbonyl (C=O) groups is 3. The van der Waals surface area contributed by atoms with Crippen molar-refractivity contribution in [2.45, 2.75) is 52.3 Å². The van der Waals surface area contributed by atoms with E-state index in [1.54, 1.807) is 27.7 Å². The summed E-state index contributed by atoms with van der Waals surface area (Å²) in [5.41, 5.74) is 5.50. The minimum Gasteiger partial charge on any atom is -0.481 e. The maximum Gasteiger partial charge on any atom is 0.329 e. The average molecular weight is 275 g/mol. The lowest BCUT2D eigenvalue weighted by Gasteiger charge is -2.23. The van der Waals surface area contributed by atoms with Crippen molar-refractivity contribution in [2.24, 2.45) is 11.7 Å². The minimum absolute atomic E-state index is 0.194. The summed E-state index contributed by atoms with van der Waals surface area (Å²) in [5, 5.41) is 6.13. The van der Waals surface area contributed by atoms with Crippen LogP contribution in [0.25, 0.3) is 1.43 Å². The zero-order valence-corrected chi connectivity index (χ0v) is 11.6. The van der Waals surface area contributed by atoms with Gasteiger partial charge in [0.15, 0.2) is 0 Å². The minimum atomic E-state index is -1.18. The molecule has 0 rings (SSSR count). The Morgan fingerprint density at radius 3 is 2.32 bits per heavy atom. The van der Waals surface area contributed by atoms with Gasteiger partial charge in [0.25, 0.3) is 1.43 Å². The smallest absolute Gasteiger partial charge is 0.329 e. The maximum absolute atomic E-state index is 11.8. The molecule has 0 bridgehead atoms. The number of hydrogen-bond acceptors (Lipinski definition) is 6. The van der Waals surface area contributed by atoms with Crippen LogP contribution < -0.4 is 11.1 Å². The summed E-state index contributed by atoms with van der Waals surface area (Å²) >= 11 is 0. The summed E-state index contributed by atoms with van der Waals surface area (Å²) in [5.74, 6) is -2.34. The first kappa shape index (κ1) is 15.4. The highest BCUT2D eigenvalue weighted by Gasteiger charge is 2.28. The Balaban J connectivity index is 4.63. The monoisotopic (exact) mass is 275 g/mol. The van der Waals surface area contributed by atoms with Crippen molar-refractivity contribution in [3.8, 4) is 0 Å². The summed E-state index contributed by atoms with van der Waals surface area (Å²) < 4.78 is 11.4. The van der Waals surface area contributed by atoms with Crippen LogP contribution in [0.1, 0.15) is 34.1 Å². The molecule has 19 heavy (non-hydrogen) atoms. The van der Waals surface area contributed by atoms with Gasteiger partial charge < -0.3 is 20.9 Å². The quantitative estimate of drug-likeness (QED) is 0.557. The summed E-state index contributed by atoms with van der Waals surface area (Å²) in [4.78, 5) is 34.5. The van der Waals surface area contributed by atoms with Gasteiger partial charge in [-0.1, -0.05) is 13.8 Å². The molecule has 0 radical (unpaired) electrons. The molecule has 0 aromatic carbocycles. The fourth-order valence-electron chi connectivity index (χ4n) is 1.34. The fourth-order valence-corrected chi connectivity index (χ4v) is 1.34. The van der Waals surface area contributed by atoms with Crippen LogP contribution in [0.2, 0.25) is 0 Å². The zero-order valence-electron chi connectivity index (χ0n) is 12.6. The first-order chi connectivity index (χ1) is 9.18. The Kier molecular flexibility index (Phi) is 6.27. The van der Waals surface area contributed by atoms with Gasteiger partial charge in [-0.15, -0.1) is 0 Å². The molecule has 4 N–H and O–H groups in total. The van der Waals surface area contributed by atoms with E-state index >= 15 is 0 Å². The molecule has 0 aromatic rings. The predicted molar refractivity (Wildman–Crippen MR) is 68.2 cm³/mol. The highest BCUT2D eigenvalue weighted by molar-refractivity contribution is 5.89. The van der Waals surface area contributed by atoms with E-state index in [9.17, 15) is 14.4 Å². The standard InChI is InChI=1S/C12H22N2O5/c1-6(2)10(12(18)19-7(3)4)14-11(17)8(13)5-9(15)16/h6-8,10H,5,13H2,1-4H3,(H,14,17)(H,15,16)/t8-,10-/m0/s1/i/hD. The van der Waals surface area contributed by atoms with E-state index in [2.05, 4.69) is 10.4 Å². The van der Waals surface area contributed by atoms with E-state index in [-0.39, 0.29) is 12.0 Å². The van der Waals surface area contributed by atoms with Crippen molar-refractivity contribution >= 4 is 17.8 Å². The molecule has 0 aliphatic heterocycles. The lowest BCUT2D eigenvalue weighted by molar-refractivity contribution is -0.153. The third-order valence-electron chi connectivity index (χ3n) is 2.29. The van der Waals surface area contributed by atoms with Gasteiger partial charge in [-0.2, -0.15) is 0 Å². The molecule has 110 valence electrons. The van der Waals surface area contributed by atoms with Crippen molar-refractivity contribution in [1.29, 1.82) is 1.43 Å². The number of esters is 1. The predicted octanol–water partition coefficient (Wildman–Crippen LogP) is -0.119. The maximum atomic E-state index is 11.8. The highest BCUT2D eigenvalue weighted by Crippen LogP contribution is 2.06. The Morgan fingerprint density at radius 1 is 1.32 bits per heavy atom. The van der Waals surface area contributed by atoms with E-state index < -0.39 is 36.4 Å². The van der Waals surface area contributed by atoms with Crippen LogP contribution in [0.3, 0.4) is 0 Å². The first-order valence-corrected chi connectivity index (χ1v) is 6.11. The van der Waals surface area contributed by atoms with Crippen LogP contribution >= 0.6 is 0 Å². The Bertz CT molecular complexity index is 360. The first-order valence-electron chi connectivity index (χ1n) is 6.52. The zero-order chi connectivity index (χ0) is 15.9. The average Bonchev–Trinajstić information content (AvgIpc) is 2.33. The molecule has 0 aliphatic carbocycles. The molecule has 0 saturated carbocycles. The van der Waals surface area contributed by atoms with Gasteiger partial charge in [-0.05, 0) is 19.8 Å². The van der Waals surface area contributed by atoms with E-state index in [1.165, 1.54) is 0 Å². The van der Waals surface area contributed by atoms with E-state index in [0.717, 1.165) is 0 Å². The summed E-state index contributed by atoms with van der Waals surface area (Å²) in [6, 6.07) is -2.02. The van der Waals surface area contributed by atoms with E-state index in [1.807, 2.05) is 0 Å². The molecule has 1 amide bonds. The van der Waals surface area contributed by atoms with Crippen molar-refractivity contribution in [3.63, 3.8) is 0 Å². The molecule has 0 unspecified atom stereocenters. The summed E-state index contributed by atoms with van der Waals surface area (Å²) in [6.07, 6.45) is -0.730. The Hall–Kier alpha value is -1.63. The molecular weight excluding hydrogens is 252 g/mol. The van der Waals surface area contributed by atoms with Crippen LogP contribution in [0.4, 0.5) is 0 Å². The van der Waals surface area contributed by atoms with Gasteiger partial charge >= 0.3 is 11.9 Å². The normalized spacial score (nSPS) is 14.6. The van der Waals surface area contributed by atoms with Crippen LogP contribution in [0.5, 0.6) is 0 Å². The lowest BCUT2D eigenvalue weighted by atomic mass is 10.0. The molecular formula is C12H22N2O5. The molecule has 7 heteroatoms. The number of hydrogen-bond donors (Lipinski definition) is 3. The number of amides is 1. The van der Waals surface area contributed by atoms with Gasteiger partial charge in [0.2, 0.25) is 5.91 Å². The fraction of sp³-hybridized carbons (Fsp3) is 0.750. The number of carboxylic acid groups (broad SMARTS) is 1. The molecule has 2 atom stereocenters. The highest BCUT2D eigenvalue weighted by atomic mass is 16.5. The Labute approximate surface area is 114 Å². The number of nitrogens with two attached hydrogens (primary N) is 1. The van der Waals surface area contributed by atoms with Crippen molar-refractivity contribution in [3.05, 3.63) is 0 Å². The third-order valence-corrected chi connectivity index (χ3v) is 2.29. The lowest BCUT2D eigenvalue weighted by Crippen LogP contribution is -2.51. The molecule has 0 aromatic heterocycles. The number of aliphatic carboxylic acids is 1. The van der Waals surface area contributed by atoms with Crippen molar-refractivity contribution in [2.75, 3.05) is 0 Å². The second-order valence-corrected chi connectivity index (χ2v) is 4.90. The second-order valence-electron chi connectivity index (χ2n) is 4.90. The van der Waals surface area contributed by atoms with Crippen LogP contribution in [0, 0.1) is 5.92 Å². The number of rotatable bonds is 7. The van der Waals surface area contributed by atoms with Gasteiger partial charge in [0, 0.05) is 0 Å². The molecule has 0 fully saturated rings. The molecule has 0 spiro atoms. The number of carboxylic acids is 1. The van der Waals surface area contributed by atoms with Crippen LogP contribution in [-0.4, -0.2) is 41.1 Å². The molecule has 0 aliphatic rings. The number of carbonyl (C=O) groups excluding carboxylic acids is 2. The van der Waals surface area contributed by atoms with Gasteiger partial charge in [0.05, 0.1) is 18.6 Å². The SMILES string of the molecule is [2H]OC(=O)C[C@H](N)C(=O)N[C@H](C(=O)OC(C)C)C(C)C. The van der Waals surface area contributed by atoms with E-state index in [4.69, 9.17) is 11.9 Å². The Morgan fingerprint density at radius 2 is 1.89 bits per heavy atom. The largest absolute Gasteiger partial charge is 0.481 e. The van der Waals surface area contributed by atoms with Gasteiger partial charge in [-0.3, -0.25) is 9.59 Å². The summed E-state index contributed by atoms with van der Waals surface area (Å²) in [6.45, 7) is 6.90. The molecule has 7 nitrogen and oxygen atoms in total. The van der Waals surface area contributed by atoms with Crippen LogP contribution in [-0.2, 0) is 19.1 Å². The van der Waals surface area contributed by atoms with Gasteiger partial charge in [0.1, 0.15) is 6.04 Å². The number of nitrogens with one attached hydrogen (secondary N) is 1. The van der Waals surface area contributed by atoms with E-state index in [0.29, 0.717) is 0 Å². The van der Waals surface area contributed by atoms with Crippen molar-refractivity contribution < 1.29 is 24.2 Å². The second kappa shape index (κ2) is 7.73.